The van der Waals surface area contributed by atoms with Gasteiger partial charge in [0.1, 0.15) is 0 Å². The van der Waals surface area contributed by atoms with Crippen LogP contribution in [0.2, 0.25) is 0 Å². The van der Waals surface area contributed by atoms with Crippen LogP contribution in [0.4, 0.5) is 13.2 Å². The summed E-state index contributed by atoms with van der Waals surface area (Å²) in [4.78, 5) is 8.16. The Morgan fingerprint density at radius 1 is 1.10 bits per heavy atom. The lowest BCUT2D eigenvalue weighted by molar-refractivity contribution is -0.137. The summed E-state index contributed by atoms with van der Waals surface area (Å²) in [5, 5.41) is 3.22. The summed E-state index contributed by atoms with van der Waals surface area (Å²) >= 11 is 0. The maximum Gasteiger partial charge on any atom is 0.416 e. The number of alkyl halides is 3. The van der Waals surface area contributed by atoms with Crippen LogP contribution in [0, 0.1) is 0 Å². The fourth-order valence-electron chi connectivity index (χ4n) is 2.08. The zero-order valence-corrected chi connectivity index (χ0v) is 11.7. The molecule has 0 aliphatic carbocycles. The highest BCUT2D eigenvalue weighted by molar-refractivity contribution is 5.27. The molecular weight excluding hydrogens is 279 g/mol. The smallest absolute Gasteiger partial charge is 0.302 e. The maximum atomic E-state index is 12.7. The van der Waals surface area contributed by atoms with Gasteiger partial charge in [0.15, 0.2) is 0 Å². The molecule has 0 bridgehead atoms. The van der Waals surface area contributed by atoms with Gasteiger partial charge in [-0.3, -0.25) is 9.97 Å². The van der Waals surface area contributed by atoms with Crippen LogP contribution in [0.25, 0.3) is 0 Å². The SMILES string of the molecule is CC(NC(C)c1cnccn1)c1cccc(C(F)(F)F)c1. The minimum atomic E-state index is -4.33. The van der Waals surface area contributed by atoms with Crippen LogP contribution in [0.1, 0.15) is 42.8 Å². The zero-order valence-electron chi connectivity index (χ0n) is 11.7. The lowest BCUT2D eigenvalue weighted by Crippen LogP contribution is -2.23. The van der Waals surface area contributed by atoms with Crippen molar-refractivity contribution in [1.29, 1.82) is 0 Å². The topological polar surface area (TPSA) is 37.8 Å². The van der Waals surface area contributed by atoms with E-state index in [2.05, 4.69) is 15.3 Å². The Labute approximate surface area is 121 Å². The van der Waals surface area contributed by atoms with Crippen LogP contribution < -0.4 is 5.32 Å². The van der Waals surface area contributed by atoms with E-state index in [0.717, 1.165) is 11.8 Å². The molecule has 0 spiro atoms. The monoisotopic (exact) mass is 295 g/mol. The van der Waals surface area contributed by atoms with E-state index in [1.807, 2.05) is 13.8 Å². The Bertz CT molecular complexity index is 584. The van der Waals surface area contributed by atoms with E-state index >= 15 is 0 Å². The van der Waals surface area contributed by atoms with Gasteiger partial charge in [-0.25, -0.2) is 0 Å². The number of halogens is 3. The van der Waals surface area contributed by atoms with Crippen LogP contribution in [-0.2, 0) is 6.18 Å². The standard InChI is InChI=1S/C15H16F3N3/c1-10(21-11(2)14-9-19-6-7-20-14)12-4-3-5-13(8-12)15(16,17)18/h3-11,21H,1-2H3. The van der Waals surface area contributed by atoms with Crippen molar-refractivity contribution in [2.24, 2.45) is 0 Å². The molecule has 1 N–H and O–H groups in total. The lowest BCUT2D eigenvalue weighted by Gasteiger charge is -2.20. The van der Waals surface area contributed by atoms with E-state index in [-0.39, 0.29) is 12.1 Å². The quantitative estimate of drug-likeness (QED) is 0.929. The van der Waals surface area contributed by atoms with Crippen molar-refractivity contribution < 1.29 is 13.2 Å². The molecule has 6 heteroatoms. The Morgan fingerprint density at radius 3 is 2.48 bits per heavy atom. The number of aromatic nitrogens is 2. The Kier molecular flexibility index (Phi) is 4.57. The number of nitrogens with one attached hydrogen (secondary N) is 1. The van der Waals surface area contributed by atoms with Crippen molar-refractivity contribution in [2.45, 2.75) is 32.1 Å². The first kappa shape index (κ1) is 15.4. The van der Waals surface area contributed by atoms with Crippen molar-refractivity contribution in [3.63, 3.8) is 0 Å². The van der Waals surface area contributed by atoms with E-state index in [9.17, 15) is 13.2 Å². The van der Waals surface area contributed by atoms with Gasteiger partial charge in [0.05, 0.1) is 11.3 Å². The molecule has 0 saturated carbocycles. The van der Waals surface area contributed by atoms with E-state index in [1.54, 1.807) is 24.7 Å². The van der Waals surface area contributed by atoms with Gasteiger partial charge in [-0.2, -0.15) is 13.2 Å². The molecule has 2 atom stereocenters. The minimum absolute atomic E-state index is 0.108. The first-order valence-electron chi connectivity index (χ1n) is 6.57. The number of hydrogen-bond acceptors (Lipinski definition) is 3. The molecule has 0 radical (unpaired) electrons. The maximum absolute atomic E-state index is 12.7. The molecule has 1 heterocycles. The summed E-state index contributed by atoms with van der Waals surface area (Å²) in [7, 11) is 0. The molecule has 1 aromatic heterocycles. The normalized spacial score (nSPS) is 14.7. The summed E-state index contributed by atoms with van der Waals surface area (Å²) in [6, 6.07) is 5.00. The van der Waals surface area contributed by atoms with Gasteiger partial charge in [0, 0.05) is 30.7 Å². The minimum Gasteiger partial charge on any atom is -0.302 e. The molecule has 21 heavy (non-hydrogen) atoms. The number of benzene rings is 1. The van der Waals surface area contributed by atoms with Gasteiger partial charge in [-0.15, -0.1) is 0 Å². The van der Waals surface area contributed by atoms with Crippen LogP contribution in [0.5, 0.6) is 0 Å². The average Bonchev–Trinajstić information content (AvgIpc) is 2.47. The summed E-state index contributed by atoms with van der Waals surface area (Å²) in [5.74, 6) is 0. The molecule has 2 aromatic rings. The van der Waals surface area contributed by atoms with Crippen LogP contribution in [-0.4, -0.2) is 9.97 Å². The van der Waals surface area contributed by atoms with E-state index in [4.69, 9.17) is 0 Å². The highest BCUT2D eigenvalue weighted by Gasteiger charge is 2.30. The van der Waals surface area contributed by atoms with Crippen LogP contribution >= 0.6 is 0 Å². The Morgan fingerprint density at radius 2 is 1.86 bits per heavy atom. The Balaban J connectivity index is 2.12. The molecule has 2 unspecified atom stereocenters. The fraction of sp³-hybridized carbons (Fsp3) is 0.333. The molecule has 0 fully saturated rings. The number of rotatable bonds is 4. The molecule has 0 saturated heterocycles. The van der Waals surface area contributed by atoms with E-state index in [0.29, 0.717) is 5.56 Å². The molecule has 2 rings (SSSR count). The summed E-state index contributed by atoms with van der Waals surface area (Å²) in [6.07, 6.45) is 0.470. The lowest BCUT2D eigenvalue weighted by atomic mass is 10.0. The fourth-order valence-corrected chi connectivity index (χ4v) is 2.08. The van der Waals surface area contributed by atoms with Crippen molar-refractivity contribution in [3.8, 4) is 0 Å². The third-order valence-electron chi connectivity index (χ3n) is 3.24. The van der Waals surface area contributed by atoms with Gasteiger partial charge < -0.3 is 5.32 Å². The highest BCUT2D eigenvalue weighted by Crippen LogP contribution is 2.31. The number of nitrogens with zero attached hydrogens (tertiary/aromatic N) is 2. The van der Waals surface area contributed by atoms with Gasteiger partial charge in [-0.05, 0) is 31.5 Å². The predicted octanol–water partition coefficient (Wildman–Crippen LogP) is 3.91. The first-order chi connectivity index (χ1) is 9.88. The molecule has 3 nitrogen and oxygen atoms in total. The second kappa shape index (κ2) is 6.22. The van der Waals surface area contributed by atoms with Crippen molar-refractivity contribution in [3.05, 3.63) is 59.7 Å². The third-order valence-corrected chi connectivity index (χ3v) is 3.24. The van der Waals surface area contributed by atoms with E-state index < -0.39 is 11.7 Å². The van der Waals surface area contributed by atoms with Gasteiger partial charge in [0.25, 0.3) is 0 Å². The third kappa shape index (κ3) is 4.01. The van der Waals surface area contributed by atoms with Crippen molar-refractivity contribution in [2.75, 3.05) is 0 Å². The summed E-state index contributed by atoms with van der Waals surface area (Å²) in [6.45, 7) is 3.72. The molecule has 112 valence electrons. The molecular formula is C15H16F3N3. The van der Waals surface area contributed by atoms with Crippen molar-refractivity contribution >= 4 is 0 Å². The van der Waals surface area contributed by atoms with Gasteiger partial charge in [0.2, 0.25) is 0 Å². The van der Waals surface area contributed by atoms with Crippen molar-refractivity contribution in [1.82, 2.24) is 15.3 Å². The molecule has 0 amide bonds. The van der Waals surface area contributed by atoms with Crippen LogP contribution in [0.3, 0.4) is 0 Å². The highest BCUT2D eigenvalue weighted by atomic mass is 19.4. The van der Waals surface area contributed by atoms with E-state index in [1.165, 1.54) is 12.1 Å². The number of hydrogen-bond donors (Lipinski definition) is 1. The predicted molar refractivity (Wildman–Crippen MR) is 73.4 cm³/mol. The Hall–Kier alpha value is -1.95. The summed E-state index contributed by atoms with van der Waals surface area (Å²) < 4.78 is 38.2. The average molecular weight is 295 g/mol. The molecule has 1 aromatic carbocycles. The van der Waals surface area contributed by atoms with Crippen LogP contribution in [0.15, 0.2) is 42.9 Å². The molecule has 0 aliphatic heterocycles. The van der Waals surface area contributed by atoms with Gasteiger partial charge in [-0.1, -0.05) is 12.1 Å². The van der Waals surface area contributed by atoms with Gasteiger partial charge >= 0.3 is 6.18 Å². The second-order valence-corrected chi connectivity index (χ2v) is 4.86. The summed E-state index contributed by atoms with van der Waals surface area (Å²) in [5.41, 5.74) is 0.692. The second-order valence-electron chi connectivity index (χ2n) is 4.86. The first-order valence-corrected chi connectivity index (χ1v) is 6.57. The zero-order chi connectivity index (χ0) is 15.5. The largest absolute Gasteiger partial charge is 0.416 e. The molecule has 0 aliphatic rings.